The van der Waals surface area contributed by atoms with Gasteiger partial charge in [-0.3, -0.25) is 0 Å². The first kappa shape index (κ1) is 10.7. The van der Waals surface area contributed by atoms with E-state index < -0.39 is 11.1 Å². The van der Waals surface area contributed by atoms with E-state index in [-0.39, 0.29) is 0 Å². The maximum absolute atomic E-state index is 11.3. The van der Waals surface area contributed by atoms with Crippen LogP contribution in [-0.2, 0) is 15.4 Å². The van der Waals surface area contributed by atoms with Crippen LogP contribution in [0.5, 0.6) is 0 Å². The van der Waals surface area contributed by atoms with Gasteiger partial charge in [0, 0.05) is 11.6 Å². The largest absolute Gasteiger partial charge is 0.223 e. The SMILES string of the molecule is CCNOS(=O)c1ccc(Cl)cc1. The molecule has 0 aromatic heterocycles. The lowest BCUT2D eigenvalue weighted by atomic mass is 10.4. The fourth-order valence-electron chi connectivity index (χ4n) is 0.706. The van der Waals surface area contributed by atoms with Crippen molar-refractivity contribution < 1.29 is 8.49 Å². The second-order valence-corrected chi connectivity index (χ2v) is 3.81. The highest BCUT2D eigenvalue weighted by molar-refractivity contribution is 7.80. The molecule has 1 N–H and O–H groups in total. The molecule has 1 atom stereocenters. The van der Waals surface area contributed by atoms with Crippen molar-refractivity contribution in [1.82, 2.24) is 5.48 Å². The van der Waals surface area contributed by atoms with Gasteiger partial charge >= 0.3 is 0 Å². The number of hydrogen-bond acceptors (Lipinski definition) is 3. The third kappa shape index (κ3) is 3.44. The van der Waals surface area contributed by atoms with Gasteiger partial charge in [0.2, 0.25) is 11.1 Å². The van der Waals surface area contributed by atoms with Crippen molar-refractivity contribution in [3.8, 4) is 0 Å². The predicted octanol–water partition coefficient (Wildman–Crippen LogP) is 1.90. The van der Waals surface area contributed by atoms with Crippen LogP contribution in [0.25, 0.3) is 0 Å². The topological polar surface area (TPSA) is 38.3 Å². The lowest BCUT2D eigenvalue weighted by Gasteiger charge is -2.01. The van der Waals surface area contributed by atoms with Gasteiger partial charge in [-0.15, -0.1) is 0 Å². The summed E-state index contributed by atoms with van der Waals surface area (Å²) in [6.45, 7) is 2.47. The highest BCUT2D eigenvalue weighted by atomic mass is 35.5. The van der Waals surface area contributed by atoms with Crippen LogP contribution in [-0.4, -0.2) is 10.8 Å². The Kier molecular flexibility index (Phi) is 4.38. The Morgan fingerprint density at radius 2 is 2.08 bits per heavy atom. The van der Waals surface area contributed by atoms with Crippen LogP contribution >= 0.6 is 11.6 Å². The second kappa shape index (κ2) is 5.34. The first-order valence-corrected chi connectivity index (χ1v) is 5.27. The molecule has 0 aliphatic rings. The van der Waals surface area contributed by atoms with Crippen LogP contribution in [0.1, 0.15) is 6.92 Å². The number of nitrogens with one attached hydrogen (secondary N) is 1. The van der Waals surface area contributed by atoms with Crippen molar-refractivity contribution in [2.45, 2.75) is 11.8 Å². The molecule has 1 aromatic rings. The molecule has 0 bridgehead atoms. The Bertz CT molecular complexity index is 289. The van der Waals surface area contributed by atoms with Crippen molar-refractivity contribution in [2.24, 2.45) is 0 Å². The molecule has 3 nitrogen and oxygen atoms in total. The fraction of sp³-hybridized carbons (Fsp3) is 0.250. The van der Waals surface area contributed by atoms with E-state index in [1.54, 1.807) is 24.3 Å². The minimum atomic E-state index is -1.46. The van der Waals surface area contributed by atoms with Gasteiger partial charge in [-0.1, -0.05) is 18.5 Å². The quantitative estimate of drug-likeness (QED) is 0.787. The van der Waals surface area contributed by atoms with Crippen molar-refractivity contribution in [2.75, 3.05) is 6.54 Å². The molecule has 72 valence electrons. The van der Waals surface area contributed by atoms with E-state index in [1.165, 1.54) is 0 Å². The monoisotopic (exact) mass is 219 g/mol. The highest BCUT2D eigenvalue weighted by Gasteiger charge is 2.02. The van der Waals surface area contributed by atoms with Crippen LogP contribution in [0.4, 0.5) is 0 Å². The number of benzene rings is 1. The van der Waals surface area contributed by atoms with Gasteiger partial charge < -0.3 is 0 Å². The Balaban J connectivity index is 2.61. The van der Waals surface area contributed by atoms with E-state index >= 15 is 0 Å². The second-order valence-electron chi connectivity index (χ2n) is 2.27. The van der Waals surface area contributed by atoms with Crippen LogP contribution in [0, 0.1) is 0 Å². The van der Waals surface area contributed by atoms with E-state index in [0.29, 0.717) is 16.5 Å². The number of rotatable bonds is 4. The smallest absolute Gasteiger partial charge is 0.206 e. The van der Waals surface area contributed by atoms with Crippen molar-refractivity contribution in [1.29, 1.82) is 0 Å². The molecule has 13 heavy (non-hydrogen) atoms. The van der Waals surface area contributed by atoms with Crippen molar-refractivity contribution in [3.63, 3.8) is 0 Å². The summed E-state index contributed by atoms with van der Waals surface area (Å²) in [6, 6.07) is 6.67. The predicted molar refractivity (Wildman–Crippen MR) is 52.6 cm³/mol. The van der Waals surface area contributed by atoms with Crippen LogP contribution in [0.15, 0.2) is 29.2 Å². The standard InChI is InChI=1S/C8H10ClNO2S/c1-2-10-12-13(11)8-5-3-7(9)4-6-8/h3-6,10H,2H2,1H3. The third-order valence-corrected chi connectivity index (χ3v) is 2.46. The molecule has 0 heterocycles. The van der Waals surface area contributed by atoms with Gasteiger partial charge in [0.15, 0.2) is 0 Å². The summed E-state index contributed by atoms with van der Waals surface area (Å²) in [4.78, 5) is 0.588. The summed E-state index contributed by atoms with van der Waals surface area (Å²) < 4.78 is 16.1. The average Bonchev–Trinajstić information content (AvgIpc) is 2.15. The van der Waals surface area contributed by atoms with E-state index in [4.69, 9.17) is 15.9 Å². The van der Waals surface area contributed by atoms with Crippen LogP contribution < -0.4 is 5.48 Å². The van der Waals surface area contributed by atoms with E-state index in [0.717, 1.165) is 0 Å². The molecule has 0 saturated carbocycles. The normalized spacial score (nSPS) is 12.8. The molecule has 5 heteroatoms. The average molecular weight is 220 g/mol. The summed E-state index contributed by atoms with van der Waals surface area (Å²) in [5, 5.41) is 0.615. The Morgan fingerprint density at radius 1 is 1.46 bits per heavy atom. The van der Waals surface area contributed by atoms with Crippen LogP contribution in [0.2, 0.25) is 5.02 Å². The molecule has 0 aliphatic carbocycles. The van der Waals surface area contributed by atoms with Gasteiger partial charge in [-0.05, 0) is 24.3 Å². The van der Waals surface area contributed by atoms with Gasteiger partial charge in [0.05, 0.1) is 4.90 Å². The molecule has 1 rings (SSSR count). The molecule has 0 aliphatic heterocycles. The lowest BCUT2D eigenvalue weighted by molar-refractivity contribution is 0.229. The van der Waals surface area contributed by atoms with Gasteiger partial charge in [-0.2, -0.15) is 9.76 Å². The van der Waals surface area contributed by atoms with Gasteiger partial charge in [0.25, 0.3) is 0 Å². The zero-order valence-electron chi connectivity index (χ0n) is 7.12. The van der Waals surface area contributed by atoms with E-state index in [9.17, 15) is 4.21 Å². The molecule has 0 spiro atoms. The van der Waals surface area contributed by atoms with Crippen molar-refractivity contribution in [3.05, 3.63) is 29.3 Å². The molecule has 1 aromatic carbocycles. The number of hydroxylamine groups is 1. The molecule has 0 amide bonds. The Labute approximate surface area is 84.7 Å². The van der Waals surface area contributed by atoms with E-state index in [1.807, 2.05) is 6.92 Å². The maximum Gasteiger partial charge on any atom is 0.206 e. The summed E-state index contributed by atoms with van der Waals surface area (Å²) in [5.74, 6) is 0. The highest BCUT2D eigenvalue weighted by Crippen LogP contribution is 2.12. The van der Waals surface area contributed by atoms with Crippen molar-refractivity contribution >= 4 is 22.7 Å². The first-order valence-electron chi connectivity index (χ1n) is 3.81. The minimum absolute atomic E-state index is 0.588. The fourth-order valence-corrected chi connectivity index (χ4v) is 1.51. The number of halogens is 1. The van der Waals surface area contributed by atoms with E-state index in [2.05, 4.69) is 5.48 Å². The Morgan fingerprint density at radius 3 is 2.62 bits per heavy atom. The number of hydrogen-bond donors (Lipinski definition) is 1. The molecular weight excluding hydrogens is 210 g/mol. The Hall–Kier alpha value is -0.420. The summed E-state index contributed by atoms with van der Waals surface area (Å²) in [6.07, 6.45) is 0. The lowest BCUT2D eigenvalue weighted by Crippen LogP contribution is -2.15. The molecule has 0 saturated heterocycles. The van der Waals surface area contributed by atoms with Crippen LogP contribution in [0.3, 0.4) is 0 Å². The zero-order valence-corrected chi connectivity index (χ0v) is 8.69. The third-order valence-electron chi connectivity index (χ3n) is 1.29. The van der Waals surface area contributed by atoms with Gasteiger partial charge in [-0.25, -0.2) is 4.21 Å². The zero-order chi connectivity index (χ0) is 9.68. The molecule has 0 fully saturated rings. The van der Waals surface area contributed by atoms with Gasteiger partial charge in [0.1, 0.15) is 0 Å². The maximum atomic E-state index is 11.3. The molecule has 1 unspecified atom stereocenters. The summed E-state index contributed by atoms with van der Waals surface area (Å²) in [5.41, 5.74) is 2.53. The minimum Gasteiger partial charge on any atom is -0.223 e. The summed E-state index contributed by atoms with van der Waals surface area (Å²) >= 11 is 4.20. The summed E-state index contributed by atoms with van der Waals surface area (Å²) in [7, 11) is 0. The first-order chi connectivity index (χ1) is 6.24. The molecule has 0 radical (unpaired) electrons. The molecular formula is C8H10ClNO2S.